The fourth-order valence-electron chi connectivity index (χ4n) is 5.70. The summed E-state index contributed by atoms with van der Waals surface area (Å²) in [5.74, 6) is 1.32. The first-order valence-corrected chi connectivity index (χ1v) is 18.5. The second-order valence-electron chi connectivity index (χ2n) is 12.5. The molecule has 0 aliphatic carbocycles. The van der Waals surface area contributed by atoms with E-state index in [1.807, 2.05) is 24.3 Å². The molecule has 1 aromatic heterocycles. The van der Waals surface area contributed by atoms with Crippen LogP contribution in [0.2, 0.25) is 5.28 Å². The van der Waals surface area contributed by atoms with Crippen LogP contribution in [-0.2, 0) is 12.8 Å². The molecule has 1 heterocycles. The van der Waals surface area contributed by atoms with Crippen LogP contribution in [0.5, 0.6) is 23.5 Å². The van der Waals surface area contributed by atoms with Gasteiger partial charge < -0.3 is 9.47 Å². The molecule has 0 spiro atoms. The Labute approximate surface area is 278 Å². The average Bonchev–Trinajstić information content (AvgIpc) is 3.04. The maximum atomic E-state index is 6.17. The first kappa shape index (κ1) is 36.8. The second-order valence-corrected chi connectivity index (χ2v) is 12.9. The summed E-state index contributed by atoms with van der Waals surface area (Å²) in [5.41, 5.74) is 2.63. The number of hydrogen-bond acceptors (Lipinski definition) is 5. The van der Waals surface area contributed by atoms with E-state index in [0.717, 1.165) is 12.8 Å². The molecule has 3 rings (SSSR count). The molecule has 0 bridgehead atoms. The lowest BCUT2D eigenvalue weighted by Crippen LogP contribution is -1.99. The molecule has 0 aliphatic rings. The maximum absolute atomic E-state index is 6.17. The van der Waals surface area contributed by atoms with E-state index in [1.54, 1.807) is 0 Å². The molecule has 2 aromatic carbocycles. The van der Waals surface area contributed by atoms with Crippen molar-refractivity contribution in [1.82, 2.24) is 15.0 Å². The minimum Gasteiger partial charge on any atom is -0.424 e. The largest absolute Gasteiger partial charge is 0.424 e. The van der Waals surface area contributed by atoms with Gasteiger partial charge in [0, 0.05) is 0 Å². The zero-order valence-electron chi connectivity index (χ0n) is 28.2. The highest BCUT2D eigenvalue weighted by molar-refractivity contribution is 6.28. The lowest BCUT2D eigenvalue weighted by atomic mass is 10.0. The van der Waals surface area contributed by atoms with Gasteiger partial charge in [-0.1, -0.05) is 154 Å². The molecule has 0 saturated carbocycles. The van der Waals surface area contributed by atoms with Crippen molar-refractivity contribution in [3.63, 3.8) is 0 Å². The minimum absolute atomic E-state index is 0.0326. The summed E-state index contributed by atoms with van der Waals surface area (Å²) in [6, 6.07) is 16.5. The summed E-state index contributed by atoms with van der Waals surface area (Å²) in [6.07, 6.45) is 29.2. The first-order valence-electron chi connectivity index (χ1n) is 18.1. The van der Waals surface area contributed by atoms with Crippen molar-refractivity contribution in [2.45, 2.75) is 155 Å². The van der Waals surface area contributed by atoms with Crippen LogP contribution in [0.15, 0.2) is 48.5 Å². The molecule has 3 aromatic rings. The zero-order chi connectivity index (χ0) is 31.8. The average molecular weight is 636 g/mol. The van der Waals surface area contributed by atoms with E-state index in [4.69, 9.17) is 21.1 Å². The van der Waals surface area contributed by atoms with E-state index in [9.17, 15) is 0 Å². The van der Waals surface area contributed by atoms with Crippen molar-refractivity contribution in [3.05, 3.63) is 64.9 Å². The van der Waals surface area contributed by atoms with Gasteiger partial charge in [-0.3, -0.25) is 0 Å². The molecule has 248 valence electrons. The number of ether oxygens (including phenoxy) is 2. The quantitative estimate of drug-likeness (QED) is 0.0821. The van der Waals surface area contributed by atoms with Gasteiger partial charge in [-0.25, -0.2) is 0 Å². The van der Waals surface area contributed by atoms with Gasteiger partial charge in [0.15, 0.2) is 0 Å². The van der Waals surface area contributed by atoms with Crippen molar-refractivity contribution in [3.8, 4) is 23.5 Å². The van der Waals surface area contributed by atoms with Gasteiger partial charge in [-0.15, -0.1) is 4.98 Å². The molecule has 0 unspecified atom stereocenters. The van der Waals surface area contributed by atoms with E-state index in [2.05, 4.69) is 53.1 Å². The van der Waals surface area contributed by atoms with Gasteiger partial charge in [0.05, 0.1) is 0 Å². The lowest BCUT2D eigenvalue weighted by molar-refractivity contribution is 0.397. The topological polar surface area (TPSA) is 57.1 Å². The van der Waals surface area contributed by atoms with Crippen LogP contribution in [-0.4, -0.2) is 15.0 Å². The third-order valence-electron chi connectivity index (χ3n) is 8.47. The van der Waals surface area contributed by atoms with Crippen LogP contribution >= 0.6 is 11.6 Å². The Morgan fingerprint density at radius 3 is 1.07 bits per heavy atom. The summed E-state index contributed by atoms with van der Waals surface area (Å²) in [6.45, 7) is 4.55. The highest BCUT2D eigenvalue weighted by atomic mass is 35.5. The van der Waals surface area contributed by atoms with Gasteiger partial charge in [0.1, 0.15) is 11.5 Å². The molecule has 0 fully saturated rings. The van der Waals surface area contributed by atoms with Gasteiger partial charge in [0.25, 0.3) is 0 Å². The molecule has 0 atom stereocenters. The van der Waals surface area contributed by atoms with Crippen LogP contribution in [0.25, 0.3) is 0 Å². The van der Waals surface area contributed by atoms with Gasteiger partial charge >= 0.3 is 12.0 Å². The summed E-state index contributed by atoms with van der Waals surface area (Å²) in [4.78, 5) is 12.6. The van der Waals surface area contributed by atoms with Crippen LogP contribution < -0.4 is 9.47 Å². The van der Waals surface area contributed by atoms with E-state index >= 15 is 0 Å². The number of halogens is 1. The number of aromatic nitrogens is 3. The number of benzene rings is 2. The Morgan fingerprint density at radius 1 is 0.422 bits per heavy atom. The number of rotatable bonds is 26. The molecule has 0 radical (unpaired) electrons. The third-order valence-corrected chi connectivity index (χ3v) is 8.64. The normalized spacial score (nSPS) is 11.2. The number of hydrogen-bond donors (Lipinski definition) is 0. The minimum atomic E-state index is 0.0326. The van der Waals surface area contributed by atoms with E-state index in [-0.39, 0.29) is 17.3 Å². The fourth-order valence-corrected chi connectivity index (χ4v) is 5.84. The van der Waals surface area contributed by atoms with Crippen molar-refractivity contribution in [2.75, 3.05) is 0 Å². The summed E-state index contributed by atoms with van der Waals surface area (Å²) in [5, 5.41) is 0.0326. The smallest absolute Gasteiger partial charge is 0.329 e. The molecule has 0 amide bonds. The molecule has 0 saturated heterocycles. The number of aryl methyl sites for hydroxylation is 2. The third kappa shape index (κ3) is 17.0. The number of nitrogens with zero attached hydrogens (tertiary/aromatic N) is 3. The van der Waals surface area contributed by atoms with E-state index in [0.29, 0.717) is 11.5 Å². The molecule has 5 nitrogen and oxygen atoms in total. The lowest BCUT2D eigenvalue weighted by Gasteiger charge is -2.08. The fraction of sp³-hybridized carbons (Fsp3) is 0.615. The van der Waals surface area contributed by atoms with E-state index < -0.39 is 0 Å². The molecular formula is C39H58ClN3O2. The molecule has 0 aliphatic heterocycles. The Bertz CT molecular complexity index is 1070. The van der Waals surface area contributed by atoms with Crippen molar-refractivity contribution in [1.29, 1.82) is 0 Å². The predicted molar refractivity (Wildman–Crippen MR) is 189 cm³/mol. The number of unbranched alkanes of at least 4 members (excludes halogenated alkanes) is 18. The standard InChI is InChI=1S/C39H58ClN3O2/c1-3-5-7-9-11-13-15-17-19-21-23-33-25-29-35(30-26-33)44-38-41-37(40)42-39(43-38)45-36-31-27-34(28-32-36)24-22-20-18-16-14-12-10-8-6-4-2/h25-32H,3-24H2,1-2H3. The Morgan fingerprint density at radius 2 is 0.733 bits per heavy atom. The van der Waals surface area contributed by atoms with Crippen LogP contribution in [0, 0.1) is 0 Å². The van der Waals surface area contributed by atoms with Gasteiger partial charge in [-0.05, 0) is 72.7 Å². The first-order chi connectivity index (χ1) is 22.2. The maximum Gasteiger partial charge on any atom is 0.329 e. The molecule has 0 N–H and O–H groups in total. The SMILES string of the molecule is CCCCCCCCCCCCc1ccc(Oc2nc(Cl)nc(Oc3ccc(CCCCCCCCCCCC)cc3)n2)cc1. The van der Waals surface area contributed by atoms with Crippen LogP contribution in [0.1, 0.15) is 153 Å². The Kier molecular flexibility index (Phi) is 19.3. The summed E-state index contributed by atoms with van der Waals surface area (Å²) in [7, 11) is 0. The monoisotopic (exact) mass is 635 g/mol. The van der Waals surface area contributed by atoms with Crippen LogP contribution in [0.3, 0.4) is 0 Å². The second kappa shape index (κ2) is 23.6. The van der Waals surface area contributed by atoms with Gasteiger partial charge in [0.2, 0.25) is 5.28 Å². The van der Waals surface area contributed by atoms with Crippen molar-refractivity contribution in [2.24, 2.45) is 0 Å². The van der Waals surface area contributed by atoms with Crippen molar-refractivity contribution >= 4 is 11.6 Å². The summed E-state index contributed by atoms with van der Waals surface area (Å²) < 4.78 is 11.8. The highest BCUT2D eigenvalue weighted by Gasteiger charge is 2.10. The summed E-state index contributed by atoms with van der Waals surface area (Å²) >= 11 is 6.17. The molecule has 45 heavy (non-hydrogen) atoms. The van der Waals surface area contributed by atoms with Gasteiger partial charge in [-0.2, -0.15) is 9.97 Å². The van der Waals surface area contributed by atoms with Crippen molar-refractivity contribution < 1.29 is 9.47 Å². The predicted octanol–water partition coefficient (Wildman–Crippen LogP) is 13.0. The highest BCUT2D eigenvalue weighted by Crippen LogP contribution is 2.25. The Hall–Kier alpha value is -2.66. The molecule has 6 heteroatoms. The zero-order valence-corrected chi connectivity index (χ0v) is 29.0. The van der Waals surface area contributed by atoms with E-state index in [1.165, 1.54) is 140 Å². The molecular weight excluding hydrogens is 578 g/mol. The van der Waals surface area contributed by atoms with Crippen LogP contribution in [0.4, 0.5) is 0 Å². The Balaban J connectivity index is 1.33.